The van der Waals surface area contributed by atoms with E-state index < -0.39 is 46.9 Å². The molecule has 0 aliphatic carbocycles. The first kappa shape index (κ1) is 21.7. The second-order valence-corrected chi connectivity index (χ2v) is 5.87. The number of rotatable bonds is 7. The molecule has 2 aromatic carbocycles. The van der Waals surface area contributed by atoms with E-state index >= 15 is 0 Å². The van der Waals surface area contributed by atoms with E-state index in [1.54, 1.807) is 30.3 Å². The Labute approximate surface area is 162 Å². The Balaban J connectivity index is 1.98. The third kappa shape index (κ3) is 6.19. The van der Waals surface area contributed by atoms with Gasteiger partial charge in [-0.1, -0.05) is 18.2 Å². The molecule has 1 amide bonds. The van der Waals surface area contributed by atoms with Crippen LogP contribution in [-0.4, -0.2) is 29.4 Å². The van der Waals surface area contributed by atoms with Gasteiger partial charge in [-0.05, 0) is 31.2 Å². The maximum Gasteiger partial charge on any atom is 0.416 e. The number of nitrogens with one attached hydrogen (secondary N) is 2. The van der Waals surface area contributed by atoms with Gasteiger partial charge in [0, 0.05) is 11.8 Å². The summed E-state index contributed by atoms with van der Waals surface area (Å²) in [7, 11) is 0. The first-order valence-corrected chi connectivity index (χ1v) is 8.21. The molecule has 2 N–H and O–H groups in total. The summed E-state index contributed by atoms with van der Waals surface area (Å²) in [6.45, 7) is 0.688. The quantitative estimate of drug-likeness (QED) is 0.409. The van der Waals surface area contributed by atoms with Crippen LogP contribution in [0.15, 0.2) is 48.5 Å². The van der Waals surface area contributed by atoms with Crippen molar-refractivity contribution >= 4 is 28.9 Å². The average molecular weight is 411 g/mol. The molecule has 0 fully saturated rings. The molecular formula is C18H16F3N3O5. The SMILES string of the molecule is C[C@H](Nc1ccc(C(F)(F)F)cc1[N+](=O)[O-])C(=O)OCC(=O)Nc1ccccc1. The Morgan fingerprint density at radius 3 is 2.41 bits per heavy atom. The van der Waals surface area contributed by atoms with Crippen molar-refractivity contribution in [3.63, 3.8) is 0 Å². The molecule has 0 aliphatic rings. The molecule has 0 aliphatic heterocycles. The van der Waals surface area contributed by atoms with E-state index in [0.717, 1.165) is 6.07 Å². The number of carbonyl (C=O) groups is 2. The van der Waals surface area contributed by atoms with Crippen LogP contribution >= 0.6 is 0 Å². The van der Waals surface area contributed by atoms with Crippen molar-refractivity contribution in [2.24, 2.45) is 0 Å². The second kappa shape index (κ2) is 9.04. The van der Waals surface area contributed by atoms with Crippen LogP contribution in [0.4, 0.5) is 30.2 Å². The van der Waals surface area contributed by atoms with Gasteiger partial charge in [0.05, 0.1) is 10.5 Å². The van der Waals surface area contributed by atoms with Gasteiger partial charge in [0.25, 0.3) is 11.6 Å². The van der Waals surface area contributed by atoms with Crippen LogP contribution in [0.1, 0.15) is 12.5 Å². The van der Waals surface area contributed by atoms with Gasteiger partial charge in [-0.2, -0.15) is 13.2 Å². The van der Waals surface area contributed by atoms with E-state index in [1.807, 2.05) is 0 Å². The van der Waals surface area contributed by atoms with E-state index in [-0.39, 0.29) is 5.69 Å². The standard InChI is InChI=1S/C18H16F3N3O5/c1-11(17(26)29-10-16(25)23-13-5-3-2-4-6-13)22-14-8-7-12(18(19,20)21)9-15(14)24(27)28/h2-9,11,22H,10H2,1H3,(H,23,25)/t11-/m0/s1. The molecule has 0 bridgehead atoms. The van der Waals surface area contributed by atoms with Crippen LogP contribution < -0.4 is 10.6 Å². The smallest absolute Gasteiger partial charge is 0.416 e. The highest BCUT2D eigenvalue weighted by molar-refractivity contribution is 5.93. The molecule has 29 heavy (non-hydrogen) atoms. The van der Waals surface area contributed by atoms with Crippen molar-refractivity contribution < 1.29 is 32.4 Å². The lowest BCUT2D eigenvalue weighted by molar-refractivity contribution is -0.384. The number of hydrogen-bond acceptors (Lipinski definition) is 6. The number of carbonyl (C=O) groups excluding carboxylic acids is 2. The number of nitro benzene ring substituents is 1. The Kier molecular flexibility index (Phi) is 6.75. The lowest BCUT2D eigenvalue weighted by atomic mass is 10.1. The van der Waals surface area contributed by atoms with Crippen molar-refractivity contribution in [1.82, 2.24) is 0 Å². The maximum absolute atomic E-state index is 12.7. The van der Waals surface area contributed by atoms with E-state index in [2.05, 4.69) is 10.6 Å². The third-order valence-electron chi connectivity index (χ3n) is 3.65. The minimum Gasteiger partial charge on any atom is -0.454 e. The number of hydrogen-bond donors (Lipinski definition) is 2. The number of ether oxygens (including phenoxy) is 1. The van der Waals surface area contributed by atoms with Gasteiger partial charge in [0.1, 0.15) is 11.7 Å². The highest BCUT2D eigenvalue weighted by Crippen LogP contribution is 2.35. The molecule has 0 radical (unpaired) electrons. The predicted octanol–water partition coefficient (Wildman–Crippen LogP) is 3.60. The Bertz CT molecular complexity index is 903. The maximum atomic E-state index is 12.7. The van der Waals surface area contributed by atoms with E-state index in [4.69, 9.17) is 4.74 Å². The lowest BCUT2D eigenvalue weighted by Crippen LogP contribution is -2.31. The van der Waals surface area contributed by atoms with Crippen LogP contribution in [0, 0.1) is 10.1 Å². The molecule has 0 spiro atoms. The normalized spacial score (nSPS) is 12.0. The molecular weight excluding hydrogens is 395 g/mol. The molecule has 11 heteroatoms. The van der Waals surface area contributed by atoms with Gasteiger partial charge in [0.15, 0.2) is 6.61 Å². The minimum absolute atomic E-state index is 0.291. The van der Waals surface area contributed by atoms with Gasteiger partial charge in [0.2, 0.25) is 0 Å². The fraction of sp³-hybridized carbons (Fsp3) is 0.222. The first-order valence-electron chi connectivity index (χ1n) is 8.21. The number of nitro groups is 1. The largest absolute Gasteiger partial charge is 0.454 e. The summed E-state index contributed by atoms with van der Waals surface area (Å²) in [5.74, 6) is -1.51. The summed E-state index contributed by atoms with van der Waals surface area (Å²) in [5, 5.41) is 16.0. The Hall–Kier alpha value is -3.63. The molecule has 1 atom stereocenters. The second-order valence-electron chi connectivity index (χ2n) is 5.87. The topological polar surface area (TPSA) is 111 Å². The van der Waals surface area contributed by atoms with Crippen molar-refractivity contribution in [3.05, 3.63) is 64.2 Å². The zero-order valence-electron chi connectivity index (χ0n) is 15.0. The molecule has 0 saturated heterocycles. The van der Waals surface area contributed by atoms with Crippen molar-refractivity contribution in [2.45, 2.75) is 19.1 Å². The summed E-state index contributed by atoms with van der Waals surface area (Å²) < 4.78 is 43.0. The molecule has 0 heterocycles. The van der Waals surface area contributed by atoms with Crippen LogP contribution in [0.3, 0.4) is 0 Å². The summed E-state index contributed by atoms with van der Waals surface area (Å²) in [5.41, 5.74) is -1.83. The number of anilines is 2. The first-order chi connectivity index (χ1) is 13.6. The van der Waals surface area contributed by atoms with Gasteiger partial charge in [-0.15, -0.1) is 0 Å². The van der Waals surface area contributed by atoms with Gasteiger partial charge in [-0.3, -0.25) is 14.9 Å². The lowest BCUT2D eigenvalue weighted by Gasteiger charge is -2.15. The number of amides is 1. The van der Waals surface area contributed by atoms with E-state index in [0.29, 0.717) is 17.8 Å². The molecule has 0 saturated carbocycles. The van der Waals surface area contributed by atoms with Gasteiger partial charge >= 0.3 is 12.1 Å². The highest BCUT2D eigenvalue weighted by Gasteiger charge is 2.33. The molecule has 0 unspecified atom stereocenters. The van der Waals surface area contributed by atoms with E-state index in [9.17, 15) is 32.9 Å². The summed E-state index contributed by atoms with van der Waals surface area (Å²) >= 11 is 0. The fourth-order valence-electron chi connectivity index (χ4n) is 2.25. The van der Waals surface area contributed by atoms with Crippen molar-refractivity contribution in [3.8, 4) is 0 Å². The molecule has 2 aromatic rings. The van der Waals surface area contributed by atoms with Crippen LogP contribution in [0.25, 0.3) is 0 Å². The van der Waals surface area contributed by atoms with Crippen molar-refractivity contribution in [1.29, 1.82) is 0 Å². The zero-order valence-corrected chi connectivity index (χ0v) is 15.0. The molecule has 154 valence electrons. The van der Waals surface area contributed by atoms with Crippen LogP contribution in [0.5, 0.6) is 0 Å². The number of alkyl halides is 3. The Morgan fingerprint density at radius 1 is 1.17 bits per heavy atom. The van der Waals surface area contributed by atoms with Crippen LogP contribution in [0.2, 0.25) is 0 Å². The summed E-state index contributed by atoms with van der Waals surface area (Å²) in [6.07, 6.45) is -4.75. The summed E-state index contributed by atoms with van der Waals surface area (Å²) in [6, 6.07) is 9.14. The molecule has 8 nitrogen and oxygen atoms in total. The van der Waals surface area contributed by atoms with Crippen molar-refractivity contribution in [2.75, 3.05) is 17.2 Å². The fourth-order valence-corrected chi connectivity index (χ4v) is 2.25. The third-order valence-corrected chi connectivity index (χ3v) is 3.65. The van der Waals surface area contributed by atoms with Crippen LogP contribution in [-0.2, 0) is 20.5 Å². The minimum atomic E-state index is -4.75. The summed E-state index contributed by atoms with van der Waals surface area (Å²) in [4.78, 5) is 33.8. The number of halogens is 3. The number of nitrogens with zero attached hydrogens (tertiary/aromatic N) is 1. The van der Waals surface area contributed by atoms with Gasteiger partial charge < -0.3 is 15.4 Å². The van der Waals surface area contributed by atoms with Gasteiger partial charge in [-0.25, -0.2) is 4.79 Å². The Morgan fingerprint density at radius 2 is 1.83 bits per heavy atom. The number of benzene rings is 2. The number of esters is 1. The van der Waals surface area contributed by atoms with E-state index in [1.165, 1.54) is 6.92 Å². The monoisotopic (exact) mass is 411 g/mol. The molecule has 0 aromatic heterocycles. The average Bonchev–Trinajstić information content (AvgIpc) is 2.66. The predicted molar refractivity (Wildman–Crippen MR) is 97.2 cm³/mol. The zero-order chi connectivity index (χ0) is 21.6. The molecule has 2 rings (SSSR count). The highest BCUT2D eigenvalue weighted by atomic mass is 19.4. The number of para-hydroxylation sites is 1.